The van der Waals surface area contributed by atoms with Crippen LogP contribution in [0.4, 0.5) is 0 Å². The number of nitrogens with two attached hydrogens (primary N) is 1. The average molecular weight is 704 g/mol. The Kier molecular flexibility index (Phi) is 34.6. The first kappa shape index (κ1) is 46.8. The second kappa shape index (κ2) is 35.6. The lowest BCUT2D eigenvalue weighted by Gasteiger charge is -2.19. The normalized spacial score (nSPS) is 13.5. The van der Waals surface area contributed by atoms with Crippen LogP contribution in [0, 0.1) is 0 Å². The van der Waals surface area contributed by atoms with Crippen molar-refractivity contribution < 1.29 is 37.6 Å². The minimum absolute atomic E-state index is 0.0549. The molecule has 0 aliphatic rings. The van der Waals surface area contributed by atoms with Crippen molar-refractivity contribution in [2.45, 2.75) is 193 Å². The third-order valence-electron chi connectivity index (χ3n) is 8.40. The van der Waals surface area contributed by atoms with Gasteiger partial charge in [-0.1, -0.05) is 148 Å². The summed E-state index contributed by atoms with van der Waals surface area (Å²) in [7, 11) is -4.37. The maximum Gasteiger partial charge on any atom is 0.472 e. The van der Waals surface area contributed by atoms with Gasteiger partial charge in [-0.3, -0.25) is 18.6 Å². The molecule has 2 atom stereocenters. The molecule has 0 saturated carbocycles. The van der Waals surface area contributed by atoms with Gasteiger partial charge < -0.3 is 20.1 Å². The number of phosphoric acid groups is 1. The van der Waals surface area contributed by atoms with Crippen LogP contribution >= 0.6 is 7.82 Å². The highest BCUT2D eigenvalue weighted by Crippen LogP contribution is 2.43. The molecule has 1 unspecified atom stereocenters. The summed E-state index contributed by atoms with van der Waals surface area (Å²) in [6, 6.07) is 0. The summed E-state index contributed by atoms with van der Waals surface area (Å²) in [6.45, 7) is 3.71. The Labute approximate surface area is 294 Å². The molecule has 284 valence electrons. The van der Waals surface area contributed by atoms with Gasteiger partial charge in [0.25, 0.3) is 0 Å². The number of allylic oxidation sites excluding steroid dienone is 2. The standard InChI is InChI=1S/C38H74NO8P/c1-3-5-7-9-11-13-15-17-19-21-23-25-27-29-31-38(41)47-36(35-46-48(42,43)45-33-32-39)34-44-37(40)30-28-26-24-22-20-18-16-14-12-10-8-6-4-2/h14,16,36H,3-13,15,17-35,39H2,1-2H3,(H,42,43)/b16-14-/t36-/m1/s1. The van der Waals surface area contributed by atoms with E-state index in [1.807, 2.05) is 0 Å². The summed E-state index contributed by atoms with van der Waals surface area (Å²) in [6.07, 6.45) is 33.8. The highest BCUT2D eigenvalue weighted by Gasteiger charge is 2.25. The van der Waals surface area contributed by atoms with Crippen molar-refractivity contribution in [3.8, 4) is 0 Å². The Bertz CT molecular complexity index is 810. The first-order valence-corrected chi connectivity index (χ1v) is 21.2. The third-order valence-corrected chi connectivity index (χ3v) is 9.39. The Balaban J connectivity index is 4.20. The van der Waals surface area contributed by atoms with Gasteiger partial charge in [0, 0.05) is 19.4 Å². The second-order valence-corrected chi connectivity index (χ2v) is 14.6. The van der Waals surface area contributed by atoms with E-state index in [2.05, 4.69) is 26.0 Å². The number of carbonyl (C=O) groups is 2. The van der Waals surface area contributed by atoms with Crippen LogP contribution in [0.2, 0.25) is 0 Å². The van der Waals surface area contributed by atoms with Crippen molar-refractivity contribution in [2.75, 3.05) is 26.4 Å². The van der Waals surface area contributed by atoms with Gasteiger partial charge >= 0.3 is 19.8 Å². The van der Waals surface area contributed by atoms with E-state index in [4.69, 9.17) is 24.3 Å². The van der Waals surface area contributed by atoms with E-state index in [-0.39, 0.29) is 38.6 Å². The van der Waals surface area contributed by atoms with Crippen molar-refractivity contribution in [3.63, 3.8) is 0 Å². The molecule has 0 rings (SSSR count). The van der Waals surface area contributed by atoms with Gasteiger partial charge in [0.05, 0.1) is 13.2 Å². The molecular formula is C38H74NO8P. The Morgan fingerprint density at radius 1 is 0.604 bits per heavy atom. The molecule has 0 aliphatic heterocycles. The summed E-state index contributed by atoms with van der Waals surface area (Å²) in [5, 5.41) is 0. The number of esters is 2. The summed E-state index contributed by atoms with van der Waals surface area (Å²) < 4.78 is 32.7. The monoisotopic (exact) mass is 704 g/mol. The van der Waals surface area contributed by atoms with Gasteiger partial charge in [-0.15, -0.1) is 0 Å². The predicted octanol–water partition coefficient (Wildman–Crippen LogP) is 10.7. The molecule has 9 nitrogen and oxygen atoms in total. The lowest BCUT2D eigenvalue weighted by Crippen LogP contribution is -2.29. The lowest BCUT2D eigenvalue weighted by atomic mass is 10.0. The van der Waals surface area contributed by atoms with E-state index in [1.54, 1.807) is 0 Å². The summed E-state index contributed by atoms with van der Waals surface area (Å²) >= 11 is 0. The number of hydrogen-bond acceptors (Lipinski definition) is 8. The largest absolute Gasteiger partial charge is 0.472 e. The van der Waals surface area contributed by atoms with Crippen LogP contribution < -0.4 is 5.73 Å². The highest BCUT2D eigenvalue weighted by molar-refractivity contribution is 7.47. The van der Waals surface area contributed by atoms with Crippen LogP contribution in [0.25, 0.3) is 0 Å². The number of hydrogen-bond donors (Lipinski definition) is 2. The Morgan fingerprint density at radius 2 is 1.02 bits per heavy atom. The van der Waals surface area contributed by atoms with Gasteiger partial charge in [-0.05, 0) is 38.5 Å². The number of phosphoric ester groups is 1. The fourth-order valence-electron chi connectivity index (χ4n) is 5.45. The number of rotatable bonds is 37. The maximum absolute atomic E-state index is 12.5. The minimum Gasteiger partial charge on any atom is -0.462 e. The van der Waals surface area contributed by atoms with Crippen molar-refractivity contribution in [1.29, 1.82) is 0 Å². The third kappa shape index (κ3) is 34.6. The van der Waals surface area contributed by atoms with Crippen LogP contribution in [0.3, 0.4) is 0 Å². The van der Waals surface area contributed by atoms with E-state index < -0.39 is 26.5 Å². The van der Waals surface area contributed by atoms with Crippen LogP contribution in [-0.4, -0.2) is 49.3 Å². The van der Waals surface area contributed by atoms with Gasteiger partial charge in [-0.2, -0.15) is 0 Å². The quantitative estimate of drug-likeness (QED) is 0.0280. The second-order valence-electron chi connectivity index (χ2n) is 13.2. The first-order chi connectivity index (χ1) is 23.3. The molecule has 0 aromatic heterocycles. The van der Waals surface area contributed by atoms with Crippen LogP contribution in [-0.2, 0) is 32.7 Å². The molecule has 0 amide bonds. The molecule has 0 aromatic rings. The molecule has 0 bridgehead atoms. The van der Waals surface area contributed by atoms with Crippen molar-refractivity contribution in [2.24, 2.45) is 5.73 Å². The van der Waals surface area contributed by atoms with Crippen LogP contribution in [0.1, 0.15) is 187 Å². The molecule has 0 aliphatic carbocycles. The molecule has 0 fully saturated rings. The van der Waals surface area contributed by atoms with E-state index in [0.717, 1.165) is 51.4 Å². The molecule has 10 heteroatoms. The van der Waals surface area contributed by atoms with Gasteiger partial charge in [0.15, 0.2) is 6.10 Å². The molecule has 0 spiro atoms. The van der Waals surface area contributed by atoms with Gasteiger partial charge in [0.2, 0.25) is 0 Å². The zero-order valence-corrected chi connectivity index (χ0v) is 31.9. The van der Waals surface area contributed by atoms with E-state index in [9.17, 15) is 19.0 Å². The summed E-state index contributed by atoms with van der Waals surface area (Å²) in [5.41, 5.74) is 5.33. The molecule has 0 radical (unpaired) electrons. The van der Waals surface area contributed by atoms with Gasteiger partial charge in [0.1, 0.15) is 6.61 Å². The number of carbonyl (C=O) groups excluding carboxylic acids is 2. The lowest BCUT2D eigenvalue weighted by molar-refractivity contribution is -0.161. The maximum atomic E-state index is 12.5. The Hall–Kier alpha value is -1.25. The zero-order valence-electron chi connectivity index (χ0n) is 31.0. The molecule has 48 heavy (non-hydrogen) atoms. The molecule has 0 aromatic carbocycles. The van der Waals surface area contributed by atoms with Gasteiger partial charge in [-0.25, -0.2) is 4.57 Å². The van der Waals surface area contributed by atoms with Crippen molar-refractivity contribution >= 4 is 19.8 Å². The predicted molar refractivity (Wildman–Crippen MR) is 197 cm³/mol. The molecule has 0 heterocycles. The number of unbranched alkanes of at least 4 members (excludes halogenated alkanes) is 22. The van der Waals surface area contributed by atoms with E-state index in [1.165, 1.54) is 103 Å². The minimum atomic E-state index is -4.37. The van der Waals surface area contributed by atoms with E-state index in [0.29, 0.717) is 6.42 Å². The fourth-order valence-corrected chi connectivity index (χ4v) is 6.22. The van der Waals surface area contributed by atoms with Crippen LogP contribution in [0.15, 0.2) is 12.2 Å². The summed E-state index contributed by atoms with van der Waals surface area (Å²) in [4.78, 5) is 34.7. The van der Waals surface area contributed by atoms with Crippen LogP contribution in [0.5, 0.6) is 0 Å². The number of ether oxygens (including phenoxy) is 2. The van der Waals surface area contributed by atoms with Crippen molar-refractivity contribution in [3.05, 3.63) is 12.2 Å². The summed E-state index contributed by atoms with van der Waals surface area (Å²) in [5.74, 6) is -0.832. The Morgan fingerprint density at radius 3 is 1.50 bits per heavy atom. The van der Waals surface area contributed by atoms with E-state index >= 15 is 0 Å². The molecular weight excluding hydrogens is 629 g/mol. The zero-order chi connectivity index (χ0) is 35.4. The van der Waals surface area contributed by atoms with Crippen molar-refractivity contribution in [1.82, 2.24) is 0 Å². The smallest absolute Gasteiger partial charge is 0.462 e. The highest BCUT2D eigenvalue weighted by atomic mass is 31.2. The SMILES string of the molecule is CCCCCC/C=C\CCCCCCCC(=O)OC[C@H](COP(=O)(O)OCCN)OC(=O)CCCCCCCCCCCCCCCC. The molecule has 3 N–H and O–H groups in total. The first-order valence-electron chi connectivity index (χ1n) is 19.7. The molecule has 0 saturated heterocycles. The fraction of sp³-hybridized carbons (Fsp3) is 0.895. The topological polar surface area (TPSA) is 134 Å². The average Bonchev–Trinajstić information content (AvgIpc) is 3.07.